The van der Waals surface area contributed by atoms with Gasteiger partial charge in [-0.05, 0) is 56.0 Å². The molecule has 1 atom stereocenters. The molecule has 0 amide bonds. The van der Waals surface area contributed by atoms with Crippen molar-refractivity contribution in [2.75, 3.05) is 5.06 Å². The molecule has 0 fully saturated rings. The summed E-state index contributed by atoms with van der Waals surface area (Å²) in [7, 11) is -1.94. The lowest BCUT2D eigenvalue weighted by Crippen LogP contribution is -2.40. The predicted octanol–water partition coefficient (Wildman–Crippen LogP) is 6.30. The van der Waals surface area contributed by atoms with Crippen molar-refractivity contribution in [2.24, 2.45) is 0 Å². The second kappa shape index (κ2) is 9.27. The van der Waals surface area contributed by atoms with E-state index in [1.54, 1.807) is 6.26 Å². The first-order valence-electron chi connectivity index (χ1n) is 9.25. The number of carbonyl (C=O) groups is 1. The summed E-state index contributed by atoms with van der Waals surface area (Å²) >= 11 is 1.25. The van der Waals surface area contributed by atoms with Crippen LogP contribution in [0.5, 0.6) is 0 Å². The zero-order valence-electron chi connectivity index (χ0n) is 16.4. The molecule has 0 saturated carbocycles. The van der Waals surface area contributed by atoms with Gasteiger partial charge in [0, 0.05) is 11.3 Å². The molecular formula is C22H25NO3SSi. The number of thioether (sulfide) groups is 1. The topological polar surface area (TPSA) is 42.7 Å². The van der Waals surface area contributed by atoms with Crippen LogP contribution >= 0.6 is 11.8 Å². The number of benzene rings is 2. The second-order valence-electron chi connectivity index (χ2n) is 7.39. The molecule has 1 heterocycles. The lowest BCUT2D eigenvalue weighted by atomic mass is 10.1. The van der Waals surface area contributed by atoms with Gasteiger partial charge in [-0.3, -0.25) is 9.86 Å². The van der Waals surface area contributed by atoms with Gasteiger partial charge in [-0.15, -0.1) is 0 Å². The molecule has 3 aromatic rings. The average Bonchev–Trinajstić information content (AvgIpc) is 3.20. The van der Waals surface area contributed by atoms with E-state index in [1.807, 2.05) is 77.9 Å². The SMILES string of the molecule is C[Si](C)(C)ON(c1ccccc1)C(CC(=O)Sc1ccccc1)c1ccco1. The van der Waals surface area contributed by atoms with Gasteiger partial charge in [-0.25, -0.2) is 0 Å². The molecule has 146 valence electrons. The molecule has 6 heteroatoms. The lowest BCUT2D eigenvalue weighted by molar-refractivity contribution is -0.111. The molecule has 0 aliphatic carbocycles. The van der Waals surface area contributed by atoms with Crippen LogP contribution < -0.4 is 5.06 Å². The van der Waals surface area contributed by atoms with Crippen molar-refractivity contribution < 1.29 is 13.7 Å². The number of rotatable bonds is 8. The summed E-state index contributed by atoms with van der Waals surface area (Å²) < 4.78 is 12.1. The molecular weight excluding hydrogens is 386 g/mol. The van der Waals surface area contributed by atoms with Crippen molar-refractivity contribution in [1.29, 1.82) is 0 Å². The highest BCUT2D eigenvalue weighted by molar-refractivity contribution is 8.13. The maximum atomic E-state index is 12.9. The highest BCUT2D eigenvalue weighted by Gasteiger charge is 2.31. The number of hydrogen-bond donors (Lipinski definition) is 0. The molecule has 0 spiro atoms. The summed E-state index contributed by atoms with van der Waals surface area (Å²) in [6.45, 7) is 6.38. The Labute approximate surface area is 171 Å². The molecule has 1 aromatic heterocycles. The third-order valence-electron chi connectivity index (χ3n) is 3.87. The van der Waals surface area contributed by atoms with E-state index in [9.17, 15) is 4.79 Å². The summed E-state index contributed by atoms with van der Waals surface area (Å²) in [5.74, 6) is 0.712. The summed E-state index contributed by atoms with van der Waals surface area (Å²) in [5, 5.41) is 1.92. The van der Waals surface area contributed by atoms with E-state index < -0.39 is 8.32 Å². The smallest absolute Gasteiger partial charge is 0.220 e. The fourth-order valence-corrected chi connectivity index (χ4v) is 4.39. The zero-order chi connectivity index (χ0) is 20.0. The van der Waals surface area contributed by atoms with E-state index in [0.29, 0.717) is 5.76 Å². The predicted molar refractivity (Wildman–Crippen MR) is 117 cm³/mol. The van der Waals surface area contributed by atoms with Gasteiger partial charge in [-0.2, -0.15) is 0 Å². The Bertz CT molecular complexity index is 864. The van der Waals surface area contributed by atoms with Gasteiger partial charge in [0.2, 0.25) is 8.32 Å². The number of furan rings is 1. The molecule has 3 rings (SSSR count). The van der Waals surface area contributed by atoms with E-state index in [2.05, 4.69) is 19.6 Å². The van der Waals surface area contributed by atoms with E-state index in [-0.39, 0.29) is 17.6 Å². The molecule has 0 N–H and O–H groups in total. The average molecular weight is 412 g/mol. The third kappa shape index (κ3) is 5.86. The van der Waals surface area contributed by atoms with Gasteiger partial charge in [0.05, 0.1) is 12.0 Å². The van der Waals surface area contributed by atoms with Crippen molar-refractivity contribution in [2.45, 2.75) is 37.0 Å². The van der Waals surface area contributed by atoms with Gasteiger partial charge in [0.25, 0.3) is 0 Å². The Morgan fingerprint density at radius 3 is 2.21 bits per heavy atom. The first kappa shape index (κ1) is 20.5. The van der Waals surface area contributed by atoms with E-state index >= 15 is 0 Å². The van der Waals surface area contributed by atoms with Gasteiger partial charge >= 0.3 is 0 Å². The van der Waals surface area contributed by atoms with Crippen LogP contribution in [0, 0.1) is 0 Å². The first-order valence-corrected chi connectivity index (χ1v) is 13.5. The zero-order valence-corrected chi connectivity index (χ0v) is 18.2. The van der Waals surface area contributed by atoms with Crippen LogP contribution in [0.25, 0.3) is 0 Å². The molecule has 0 saturated heterocycles. The normalized spacial score (nSPS) is 12.5. The van der Waals surface area contributed by atoms with Crippen LogP contribution in [-0.2, 0) is 9.32 Å². The minimum absolute atomic E-state index is 0.0627. The molecule has 0 aliphatic heterocycles. The van der Waals surface area contributed by atoms with Crippen LogP contribution in [0.2, 0.25) is 19.6 Å². The van der Waals surface area contributed by atoms with Crippen molar-refractivity contribution in [3.05, 3.63) is 84.8 Å². The van der Waals surface area contributed by atoms with Gasteiger partial charge in [-0.1, -0.05) is 48.2 Å². The number of anilines is 1. The van der Waals surface area contributed by atoms with Crippen molar-refractivity contribution in [1.82, 2.24) is 0 Å². The van der Waals surface area contributed by atoms with Crippen molar-refractivity contribution >= 4 is 30.9 Å². The number of hydroxylamine groups is 1. The van der Waals surface area contributed by atoms with Crippen LogP contribution in [-0.4, -0.2) is 13.4 Å². The fraction of sp³-hybridized carbons (Fsp3) is 0.227. The Hall–Kier alpha value is -2.28. The maximum Gasteiger partial charge on any atom is 0.220 e. The van der Waals surface area contributed by atoms with Crippen LogP contribution in [0.4, 0.5) is 5.69 Å². The quantitative estimate of drug-likeness (QED) is 0.247. The molecule has 0 aliphatic rings. The lowest BCUT2D eigenvalue weighted by Gasteiger charge is -2.36. The minimum atomic E-state index is -1.94. The van der Waals surface area contributed by atoms with Gasteiger partial charge < -0.3 is 8.94 Å². The standard InChI is InChI=1S/C22H25NO3SSi/c1-28(2,3)26-23(18-11-6-4-7-12-18)20(21-15-10-16-25-21)17-22(24)27-19-13-8-5-9-14-19/h4-16,20H,17H2,1-3H3. The minimum Gasteiger partial charge on any atom is -0.467 e. The summed E-state index contributed by atoms with van der Waals surface area (Å²) in [5.41, 5.74) is 0.906. The third-order valence-corrected chi connectivity index (χ3v) is 5.52. The Morgan fingerprint density at radius 2 is 1.64 bits per heavy atom. The largest absolute Gasteiger partial charge is 0.467 e. The Kier molecular flexibility index (Phi) is 6.77. The van der Waals surface area contributed by atoms with Crippen LogP contribution in [0.15, 0.2) is 88.4 Å². The molecule has 0 radical (unpaired) electrons. The maximum absolute atomic E-state index is 12.9. The number of para-hydroxylation sites is 1. The van der Waals surface area contributed by atoms with E-state index in [0.717, 1.165) is 10.6 Å². The van der Waals surface area contributed by atoms with Crippen molar-refractivity contribution in [3.8, 4) is 0 Å². The highest BCUT2D eigenvalue weighted by Crippen LogP contribution is 2.34. The molecule has 1 unspecified atom stereocenters. The molecule has 4 nitrogen and oxygen atoms in total. The van der Waals surface area contributed by atoms with E-state index in [1.165, 1.54) is 11.8 Å². The Balaban J connectivity index is 1.89. The monoisotopic (exact) mass is 411 g/mol. The highest BCUT2D eigenvalue weighted by atomic mass is 32.2. The molecule has 0 bridgehead atoms. The molecule has 28 heavy (non-hydrogen) atoms. The first-order chi connectivity index (χ1) is 13.4. The van der Waals surface area contributed by atoms with Gasteiger partial charge in [0.1, 0.15) is 11.8 Å². The second-order valence-corrected chi connectivity index (χ2v) is 12.9. The Morgan fingerprint density at radius 1 is 1.00 bits per heavy atom. The number of hydrogen-bond acceptors (Lipinski definition) is 5. The van der Waals surface area contributed by atoms with Crippen LogP contribution in [0.3, 0.4) is 0 Å². The van der Waals surface area contributed by atoms with Crippen LogP contribution in [0.1, 0.15) is 18.2 Å². The number of carbonyl (C=O) groups excluding carboxylic acids is 1. The summed E-state index contributed by atoms with van der Waals surface area (Å²) in [6, 6.07) is 23.0. The summed E-state index contributed by atoms with van der Waals surface area (Å²) in [6.07, 6.45) is 1.90. The van der Waals surface area contributed by atoms with Crippen molar-refractivity contribution in [3.63, 3.8) is 0 Å². The molecule has 2 aromatic carbocycles. The number of nitrogens with zero attached hydrogens (tertiary/aromatic N) is 1. The fourth-order valence-electron chi connectivity index (χ4n) is 2.77. The van der Waals surface area contributed by atoms with E-state index in [4.69, 9.17) is 8.94 Å². The van der Waals surface area contributed by atoms with Gasteiger partial charge in [0.15, 0.2) is 5.12 Å². The summed E-state index contributed by atoms with van der Waals surface area (Å²) in [4.78, 5) is 13.8.